The molecule has 0 N–H and O–H groups in total. The Morgan fingerprint density at radius 3 is 2.93 bits per heavy atom. The molecular weight excluding hydrogens is 342 g/mol. The minimum absolute atomic E-state index is 0.182. The lowest BCUT2D eigenvalue weighted by Crippen LogP contribution is -2.47. The predicted octanol–water partition coefficient (Wildman–Crippen LogP) is 3.12. The number of rotatable bonds is 5. The van der Waals surface area contributed by atoms with E-state index in [1.54, 1.807) is 11.0 Å². The van der Waals surface area contributed by atoms with Gasteiger partial charge in [0.15, 0.2) is 0 Å². The lowest BCUT2D eigenvalue weighted by molar-refractivity contribution is -0.153. The monoisotopic (exact) mass is 365 g/mol. The molecule has 0 bridgehead atoms. The van der Waals surface area contributed by atoms with E-state index in [4.69, 9.17) is 10.00 Å². The highest BCUT2D eigenvalue weighted by Crippen LogP contribution is 2.24. The first-order valence-corrected chi connectivity index (χ1v) is 9.17. The van der Waals surface area contributed by atoms with Crippen molar-refractivity contribution in [2.24, 2.45) is 0 Å². The van der Waals surface area contributed by atoms with Gasteiger partial charge in [-0.3, -0.25) is 4.79 Å². The molecule has 27 heavy (non-hydrogen) atoms. The van der Waals surface area contributed by atoms with Crippen molar-refractivity contribution in [3.05, 3.63) is 42.1 Å². The molecule has 3 rings (SSSR count). The van der Waals surface area contributed by atoms with Gasteiger partial charge in [-0.1, -0.05) is 18.2 Å². The quantitative estimate of drug-likeness (QED) is 0.603. The molecular formula is C21H23N3O3. The number of hydrogen-bond donors (Lipinski definition) is 0. The molecule has 0 spiro atoms. The normalized spacial score (nSPS) is 17.2. The van der Waals surface area contributed by atoms with E-state index in [9.17, 15) is 9.59 Å². The molecule has 1 aromatic carbocycles. The van der Waals surface area contributed by atoms with Crippen LogP contribution in [0.4, 0.5) is 0 Å². The van der Waals surface area contributed by atoms with Crippen LogP contribution < -0.4 is 0 Å². The van der Waals surface area contributed by atoms with Crippen molar-refractivity contribution in [1.29, 1.82) is 5.26 Å². The summed E-state index contributed by atoms with van der Waals surface area (Å²) >= 11 is 0. The molecule has 1 unspecified atom stereocenters. The van der Waals surface area contributed by atoms with Crippen molar-refractivity contribution < 1.29 is 14.3 Å². The molecule has 1 aromatic heterocycles. The molecule has 0 aliphatic carbocycles. The highest BCUT2D eigenvalue weighted by molar-refractivity contribution is 5.98. The second-order valence-electron chi connectivity index (χ2n) is 6.60. The van der Waals surface area contributed by atoms with Gasteiger partial charge in [-0.2, -0.15) is 5.26 Å². The van der Waals surface area contributed by atoms with Gasteiger partial charge in [0.2, 0.25) is 5.91 Å². The Morgan fingerprint density at radius 1 is 1.33 bits per heavy atom. The fourth-order valence-corrected chi connectivity index (χ4v) is 3.60. The standard InChI is InChI=1S/C21H23N3O3/c1-27-21(26)19-9-4-5-14-24(19)20(25)11-10-16-15-23(13-6-12-22)18-8-3-2-7-17(16)18/h2-3,7-8,10-11,15,19H,4-6,9,13-14H2,1H3/b11-10+. The number of carbonyl (C=O) groups excluding carboxylic acids is 2. The predicted molar refractivity (Wildman–Crippen MR) is 103 cm³/mol. The highest BCUT2D eigenvalue weighted by Gasteiger charge is 2.31. The molecule has 1 amide bonds. The number of fused-ring (bicyclic) bond motifs is 1. The number of nitrogens with zero attached hydrogens (tertiary/aromatic N) is 3. The van der Waals surface area contributed by atoms with Crippen LogP contribution >= 0.6 is 0 Å². The third kappa shape index (κ3) is 4.03. The Kier molecular flexibility index (Phi) is 5.92. The number of nitriles is 1. The Morgan fingerprint density at radius 2 is 2.15 bits per heavy atom. The van der Waals surface area contributed by atoms with Gasteiger partial charge in [-0.05, 0) is 31.4 Å². The first kappa shape index (κ1) is 18.7. The van der Waals surface area contributed by atoms with E-state index in [0.717, 1.165) is 29.3 Å². The maximum atomic E-state index is 12.7. The van der Waals surface area contributed by atoms with E-state index in [1.165, 1.54) is 13.2 Å². The fourth-order valence-electron chi connectivity index (χ4n) is 3.60. The van der Waals surface area contributed by atoms with Crippen LogP contribution in [0.3, 0.4) is 0 Å². The smallest absolute Gasteiger partial charge is 0.328 e. The molecule has 1 fully saturated rings. The number of para-hydroxylation sites is 1. The number of aryl methyl sites for hydroxylation is 1. The average molecular weight is 365 g/mol. The number of piperidine rings is 1. The van der Waals surface area contributed by atoms with Crippen molar-refractivity contribution in [2.75, 3.05) is 13.7 Å². The molecule has 1 saturated heterocycles. The largest absolute Gasteiger partial charge is 0.467 e. The summed E-state index contributed by atoms with van der Waals surface area (Å²) in [6.45, 7) is 1.17. The molecule has 140 valence electrons. The molecule has 2 heterocycles. The van der Waals surface area contributed by atoms with E-state index in [2.05, 4.69) is 6.07 Å². The highest BCUT2D eigenvalue weighted by atomic mass is 16.5. The van der Waals surface area contributed by atoms with E-state index >= 15 is 0 Å². The number of carbonyl (C=O) groups is 2. The molecule has 6 heteroatoms. The SMILES string of the molecule is COC(=O)C1CCCCN1C(=O)/C=C/c1cn(CCC#N)c2ccccc12. The molecule has 1 aliphatic rings. The van der Waals surface area contributed by atoms with Crippen molar-refractivity contribution in [3.63, 3.8) is 0 Å². The van der Waals surface area contributed by atoms with Gasteiger partial charge in [0.25, 0.3) is 0 Å². The number of benzene rings is 1. The maximum Gasteiger partial charge on any atom is 0.328 e. The van der Waals surface area contributed by atoms with Gasteiger partial charge >= 0.3 is 5.97 Å². The van der Waals surface area contributed by atoms with Gasteiger partial charge in [0.05, 0.1) is 19.6 Å². The van der Waals surface area contributed by atoms with Crippen molar-refractivity contribution >= 4 is 28.9 Å². The molecule has 1 aliphatic heterocycles. The third-order valence-electron chi connectivity index (χ3n) is 4.95. The zero-order valence-corrected chi connectivity index (χ0v) is 15.4. The Labute approximate surface area is 158 Å². The number of likely N-dealkylation sites (tertiary alicyclic amines) is 1. The number of esters is 1. The Bertz CT molecular complexity index is 907. The topological polar surface area (TPSA) is 75.3 Å². The summed E-state index contributed by atoms with van der Waals surface area (Å²) in [6.07, 6.45) is 8.14. The maximum absolute atomic E-state index is 12.7. The van der Waals surface area contributed by atoms with Gasteiger partial charge in [-0.25, -0.2) is 4.79 Å². The van der Waals surface area contributed by atoms with Gasteiger partial charge < -0.3 is 14.2 Å². The lowest BCUT2D eigenvalue weighted by atomic mass is 10.0. The zero-order chi connectivity index (χ0) is 19.2. The summed E-state index contributed by atoms with van der Waals surface area (Å²) in [7, 11) is 1.35. The van der Waals surface area contributed by atoms with Crippen LogP contribution in [-0.4, -0.2) is 41.0 Å². The summed E-state index contributed by atoms with van der Waals surface area (Å²) < 4.78 is 6.87. The zero-order valence-electron chi connectivity index (χ0n) is 15.4. The minimum Gasteiger partial charge on any atom is -0.467 e. The molecule has 0 saturated carbocycles. The van der Waals surface area contributed by atoms with Gasteiger partial charge in [0, 0.05) is 41.8 Å². The lowest BCUT2D eigenvalue weighted by Gasteiger charge is -2.32. The van der Waals surface area contributed by atoms with Crippen LogP contribution in [0.5, 0.6) is 0 Å². The Balaban J connectivity index is 1.84. The second kappa shape index (κ2) is 8.54. The van der Waals surface area contributed by atoms with Crippen LogP contribution in [0, 0.1) is 11.3 Å². The molecule has 0 radical (unpaired) electrons. The van der Waals surface area contributed by atoms with Crippen LogP contribution in [0.2, 0.25) is 0 Å². The number of amides is 1. The first-order chi connectivity index (χ1) is 13.2. The van der Waals surface area contributed by atoms with E-state index in [0.29, 0.717) is 25.9 Å². The van der Waals surface area contributed by atoms with E-state index < -0.39 is 6.04 Å². The number of methoxy groups -OCH3 is 1. The summed E-state index contributed by atoms with van der Waals surface area (Å²) in [5, 5.41) is 9.88. The number of hydrogen-bond acceptors (Lipinski definition) is 4. The van der Waals surface area contributed by atoms with E-state index in [-0.39, 0.29) is 11.9 Å². The summed E-state index contributed by atoms with van der Waals surface area (Å²) in [4.78, 5) is 26.3. The van der Waals surface area contributed by atoms with Crippen LogP contribution in [0.15, 0.2) is 36.5 Å². The van der Waals surface area contributed by atoms with Crippen molar-refractivity contribution in [3.8, 4) is 6.07 Å². The van der Waals surface area contributed by atoms with Crippen molar-refractivity contribution in [1.82, 2.24) is 9.47 Å². The first-order valence-electron chi connectivity index (χ1n) is 9.17. The van der Waals surface area contributed by atoms with E-state index in [1.807, 2.05) is 35.0 Å². The molecule has 1 atom stereocenters. The number of ether oxygens (including phenoxy) is 1. The van der Waals surface area contributed by atoms with Crippen molar-refractivity contribution in [2.45, 2.75) is 38.3 Å². The van der Waals surface area contributed by atoms with Crippen LogP contribution in [-0.2, 0) is 20.9 Å². The fraction of sp³-hybridized carbons (Fsp3) is 0.381. The van der Waals surface area contributed by atoms with Crippen LogP contribution in [0.25, 0.3) is 17.0 Å². The minimum atomic E-state index is -0.502. The molecule has 6 nitrogen and oxygen atoms in total. The second-order valence-corrected chi connectivity index (χ2v) is 6.60. The summed E-state index contributed by atoms with van der Waals surface area (Å²) in [5.41, 5.74) is 1.95. The van der Waals surface area contributed by atoms with Gasteiger partial charge in [0.1, 0.15) is 6.04 Å². The average Bonchev–Trinajstić information content (AvgIpc) is 3.07. The third-order valence-corrected chi connectivity index (χ3v) is 4.95. The summed E-state index contributed by atoms with van der Waals surface area (Å²) in [6, 6.07) is 9.57. The van der Waals surface area contributed by atoms with Gasteiger partial charge in [-0.15, -0.1) is 0 Å². The van der Waals surface area contributed by atoms with Crippen LogP contribution in [0.1, 0.15) is 31.2 Å². The number of aromatic nitrogens is 1. The molecule has 2 aromatic rings. The Hall–Kier alpha value is -3.07. The summed E-state index contributed by atoms with van der Waals surface area (Å²) in [5.74, 6) is -0.538.